The number of amides is 1. The predicted octanol–water partition coefficient (Wildman–Crippen LogP) is 2.14. The van der Waals surface area contributed by atoms with E-state index in [1.165, 1.54) is 11.3 Å². The van der Waals surface area contributed by atoms with E-state index >= 15 is 0 Å². The van der Waals surface area contributed by atoms with Crippen LogP contribution >= 0.6 is 23.7 Å². The van der Waals surface area contributed by atoms with Gasteiger partial charge in [0, 0.05) is 11.4 Å². The van der Waals surface area contributed by atoms with Crippen LogP contribution in [0.3, 0.4) is 0 Å². The number of nitrogens with two attached hydrogens (primary N) is 1. The smallest absolute Gasteiger partial charge is 0.372 e. The van der Waals surface area contributed by atoms with Gasteiger partial charge in [-0.1, -0.05) is 13.0 Å². The van der Waals surface area contributed by atoms with E-state index in [-0.39, 0.29) is 30.7 Å². The molecule has 0 unspecified atom stereocenters. The molecule has 3 aromatic rings. The molecule has 9 nitrogen and oxygen atoms in total. The third-order valence-corrected chi connectivity index (χ3v) is 5.09. The number of rotatable bonds is 3. The van der Waals surface area contributed by atoms with E-state index in [1.54, 1.807) is 6.07 Å². The van der Waals surface area contributed by atoms with E-state index in [0.717, 1.165) is 16.9 Å². The lowest BCUT2D eigenvalue weighted by Crippen LogP contribution is -2.25. The number of anilines is 1. The minimum atomic E-state index is -1.22. The standard InChI is InChI=1S/C9H8N2O3S.C9H10N2O2.ClH/c1-2-4-3-5-7(12)10-6(9(13)14)11-8(5)15-4;10-4-6-1-2-8-7(3-6)11-9(12)5-13-8;/h3H,2H2,1H3,(H,13,14)(H,10,11,12);1-3H,4-5,10H2,(H,11,12);1H. The number of benzene rings is 1. The van der Waals surface area contributed by atoms with Crippen molar-refractivity contribution >= 4 is 51.5 Å². The molecule has 5 N–H and O–H groups in total. The summed E-state index contributed by atoms with van der Waals surface area (Å²) in [6.07, 6.45) is 0.808. The van der Waals surface area contributed by atoms with E-state index in [0.29, 0.717) is 28.2 Å². The molecule has 0 aliphatic carbocycles. The van der Waals surface area contributed by atoms with Crippen molar-refractivity contribution in [3.05, 3.63) is 50.9 Å². The number of aryl methyl sites for hydroxylation is 1. The Balaban J connectivity index is 0.000000202. The second-order valence-corrected chi connectivity index (χ2v) is 6.99. The fourth-order valence-electron chi connectivity index (χ4n) is 2.51. The van der Waals surface area contributed by atoms with E-state index in [9.17, 15) is 14.4 Å². The van der Waals surface area contributed by atoms with Crippen molar-refractivity contribution in [3.63, 3.8) is 0 Å². The predicted molar refractivity (Wildman–Crippen MR) is 112 cm³/mol. The average molecular weight is 439 g/mol. The maximum absolute atomic E-state index is 11.5. The largest absolute Gasteiger partial charge is 0.482 e. The number of aromatic amines is 1. The Labute approximate surface area is 175 Å². The SMILES string of the molecule is CCc1cc2c(=O)[nH]c(C(=O)O)nc2s1.Cl.NCc1ccc2c(c1)NC(=O)CO2. The van der Waals surface area contributed by atoms with Crippen LogP contribution in [0.1, 0.15) is 28.0 Å². The zero-order chi connectivity index (χ0) is 20.3. The van der Waals surface area contributed by atoms with Crippen LogP contribution in [0.5, 0.6) is 5.75 Å². The summed E-state index contributed by atoms with van der Waals surface area (Å²) in [5, 5.41) is 11.9. The summed E-state index contributed by atoms with van der Waals surface area (Å²) in [4.78, 5) is 40.7. The molecule has 1 aromatic carbocycles. The lowest BCUT2D eigenvalue weighted by Gasteiger charge is -2.18. The molecule has 0 saturated carbocycles. The van der Waals surface area contributed by atoms with Crippen LogP contribution in [0.4, 0.5) is 5.69 Å². The molecule has 0 saturated heterocycles. The number of thiophene rings is 1. The Morgan fingerprint density at radius 1 is 1.34 bits per heavy atom. The minimum Gasteiger partial charge on any atom is -0.482 e. The number of nitrogens with zero attached hydrogens (tertiary/aromatic N) is 1. The van der Waals surface area contributed by atoms with E-state index in [2.05, 4.69) is 15.3 Å². The molecular formula is C18H19ClN4O5S. The topological polar surface area (TPSA) is 147 Å². The van der Waals surface area contributed by atoms with Crippen LogP contribution < -0.4 is 21.3 Å². The summed E-state index contributed by atoms with van der Waals surface area (Å²) in [5.74, 6) is -0.948. The number of aromatic carboxylic acids is 1. The normalized spacial score (nSPS) is 12.0. The number of aromatic nitrogens is 2. The Morgan fingerprint density at radius 3 is 2.76 bits per heavy atom. The average Bonchev–Trinajstić information content (AvgIpc) is 3.12. The molecule has 0 bridgehead atoms. The summed E-state index contributed by atoms with van der Waals surface area (Å²) in [6, 6.07) is 7.27. The van der Waals surface area contributed by atoms with Gasteiger partial charge in [-0.2, -0.15) is 0 Å². The molecule has 1 amide bonds. The van der Waals surface area contributed by atoms with Gasteiger partial charge >= 0.3 is 5.97 Å². The van der Waals surface area contributed by atoms with Crippen molar-refractivity contribution in [3.8, 4) is 5.75 Å². The number of nitrogens with one attached hydrogen (secondary N) is 2. The molecule has 4 rings (SSSR count). The number of hydrogen-bond donors (Lipinski definition) is 4. The van der Waals surface area contributed by atoms with Crippen LogP contribution in [0.2, 0.25) is 0 Å². The van der Waals surface area contributed by atoms with Crippen molar-refractivity contribution in [2.45, 2.75) is 19.9 Å². The molecule has 0 radical (unpaired) electrons. The molecule has 11 heteroatoms. The van der Waals surface area contributed by atoms with Crippen LogP contribution in [0.25, 0.3) is 10.2 Å². The van der Waals surface area contributed by atoms with Gasteiger partial charge in [0.1, 0.15) is 10.6 Å². The molecule has 2 aromatic heterocycles. The third kappa shape index (κ3) is 5.11. The lowest BCUT2D eigenvalue weighted by atomic mass is 10.1. The van der Waals surface area contributed by atoms with Gasteiger partial charge in [-0.25, -0.2) is 9.78 Å². The van der Waals surface area contributed by atoms with Crippen LogP contribution in [0, 0.1) is 0 Å². The quantitative estimate of drug-likeness (QED) is 0.489. The fraction of sp³-hybridized carbons (Fsp3) is 0.222. The number of carboxylic acid groups (broad SMARTS) is 1. The van der Waals surface area contributed by atoms with Gasteiger partial charge in [0.2, 0.25) is 5.82 Å². The van der Waals surface area contributed by atoms with Crippen molar-refractivity contribution in [1.82, 2.24) is 9.97 Å². The number of halogens is 1. The molecule has 29 heavy (non-hydrogen) atoms. The number of fused-ring (bicyclic) bond motifs is 2. The molecule has 0 atom stereocenters. The van der Waals surface area contributed by atoms with Gasteiger partial charge in [0.05, 0.1) is 11.1 Å². The van der Waals surface area contributed by atoms with E-state index in [4.69, 9.17) is 15.6 Å². The van der Waals surface area contributed by atoms with Crippen LogP contribution in [0.15, 0.2) is 29.1 Å². The molecule has 0 fully saturated rings. The molecule has 154 valence electrons. The Morgan fingerprint density at radius 2 is 2.10 bits per heavy atom. The number of carbonyl (C=O) groups excluding carboxylic acids is 1. The molecular weight excluding hydrogens is 420 g/mol. The first-order valence-corrected chi connectivity index (χ1v) is 9.24. The van der Waals surface area contributed by atoms with Gasteiger partial charge in [-0.3, -0.25) is 9.59 Å². The summed E-state index contributed by atoms with van der Waals surface area (Å²) < 4.78 is 5.18. The molecule has 3 heterocycles. The van der Waals surface area contributed by atoms with Crippen molar-refractivity contribution < 1.29 is 19.4 Å². The summed E-state index contributed by atoms with van der Waals surface area (Å²) in [7, 11) is 0. The van der Waals surface area contributed by atoms with Gasteiger partial charge in [-0.15, -0.1) is 23.7 Å². The van der Waals surface area contributed by atoms with Crippen molar-refractivity contribution in [2.75, 3.05) is 11.9 Å². The summed E-state index contributed by atoms with van der Waals surface area (Å²) in [6.45, 7) is 2.52. The summed E-state index contributed by atoms with van der Waals surface area (Å²) >= 11 is 1.35. The number of ether oxygens (including phenoxy) is 1. The highest BCUT2D eigenvalue weighted by atomic mass is 35.5. The van der Waals surface area contributed by atoms with Crippen molar-refractivity contribution in [1.29, 1.82) is 0 Å². The first-order valence-electron chi connectivity index (χ1n) is 8.43. The molecule has 1 aliphatic rings. The van der Waals surface area contributed by atoms with E-state index in [1.807, 2.05) is 25.1 Å². The maximum atomic E-state index is 11.5. The lowest BCUT2D eigenvalue weighted by molar-refractivity contribution is -0.118. The zero-order valence-electron chi connectivity index (χ0n) is 15.4. The Kier molecular flexibility index (Phi) is 7.32. The fourth-order valence-corrected chi connectivity index (χ4v) is 3.48. The van der Waals surface area contributed by atoms with Crippen LogP contribution in [-0.4, -0.2) is 33.6 Å². The minimum absolute atomic E-state index is 0. The first kappa shape index (κ1) is 22.3. The maximum Gasteiger partial charge on any atom is 0.372 e. The van der Waals surface area contributed by atoms with Gasteiger partial charge in [0.15, 0.2) is 6.61 Å². The Hall–Kier alpha value is -2.95. The van der Waals surface area contributed by atoms with Gasteiger partial charge < -0.3 is 25.9 Å². The highest BCUT2D eigenvalue weighted by Gasteiger charge is 2.15. The second kappa shape index (κ2) is 9.50. The first-order chi connectivity index (χ1) is 13.4. The highest BCUT2D eigenvalue weighted by molar-refractivity contribution is 7.18. The van der Waals surface area contributed by atoms with Crippen LogP contribution in [-0.2, 0) is 17.8 Å². The molecule has 1 aliphatic heterocycles. The highest BCUT2D eigenvalue weighted by Crippen LogP contribution is 2.28. The number of hydrogen-bond acceptors (Lipinski definition) is 7. The monoisotopic (exact) mass is 438 g/mol. The second-order valence-electron chi connectivity index (χ2n) is 5.88. The van der Waals surface area contributed by atoms with Gasteiger partial charge in [0.25, 0.3) is 11.5 Å². The number of H-pyrrole nitrogens is 1. The Bertz CT molecular complexity index is 1110. The van der Waals surface area contributed by atoms with Gasteiger partial charge in [-0.05, 0) is 30.2 Å². The number of carboxylic acids is 1. The number of carbonyl (C=O) groups is 2. The van der Waals surface area contributed by atoms with Crippen molar-refractivity contribution in [2.24, 2.45) is 5.73 Å². The summed E-state index contributed by atoms with van der Waals surface area (Å²) in [5.41, 5.74) is 6.75. The van der Waals surface area contributed by atoms with E-state index < -0.39 is 11.5 Å². The zero-order valence-corrected chi connectivity index (χ0v) is 17.0. The molecule has 0 spiro atoms. The third-order valence-electron chi connectivity index (χ3n) is 3.92.